The maximum absolute atomic E-state index is 12.6. The van der Waals surface area contributed by atoms with Crippen molar-refractivity contribution in [1.82, 2.24) is 15.2 Å². The van der Waals surface area contributed by atoms with E-state index in [0.29, 0.717) is 6.54 Å². The van der Waals surface area contributed by atoms with E-state index in [-0.39, 0.29) is 11.9 Å². The predicted molar refractivity (Wildman–Crippen MR) is 93.2 cm³/mol. The second-order valence-electron chi connectivity index (χ2n) is 6.17. The number of hydrogen-bond acceptors (Lipinski definition) is 4. The number of carbonyl (C=O) groups excluding carboxylic acids is 1. The second kappa shape index (κ2) is 7.70. The van der Waals surface area contributed by atoms with Crippen LogP contribution in [0.15, 0.2) is 35.2 Å². The summed E-state index contributed by atoms with van der Waals surface area (Å²) in [6.07, 6.45) is 3.23. The zero-order chi connectivity index (χ0) is 16.1. The topological polar surface area (TPSA) is 45.2 Å². The number of nitrogens with zero attached hydrogens (tertiary/aromatic N) is 2. The van der Waals surface area contributed by atoms with Crippen LogP contribution >= 0.6 is 11.3 Å². The molecule has 2 aromatic rings. The van der Waals surface area contributed by atoms with Gasteiger partial charge in [0.25, 0.3) is 0 Å². The minimum absolute atomic E-state index is 0.0251. The molecule has 0 spiro atoms. The highest BCUT2D eigenvalue weighted by Crippen LogP contribution is 2.20. The first-order valence-corrected chi connectivity index (χ1v) is 9.11. The highest BCUT2D eigenvalue weighted by atomic mass is 32.1. The molecule has 1 aromatic heterocycles. The van der Waals surface area contributed by atoms with E-state index < -0.39 is 0 Å². The van der Waals surface area contributed by atoms with Crippen LogP contribution < -0.4 is 5.32 Å². The van der Waals surface area contributed by atoms with E-state index in [1.807, 2.05) is 5.38 Å². The fraction of sp³-hybridized carbons (Fsp3) is 0.444. The summed E-state index contributed by atoms with van der Waals surface area (Å²) in [6.45, 7) is 4.47. The number of nitrogens with one attached hydrogen (secondary N) is 1. The molecule has 1 amide bonds. The van der Waals surface area contributed by atoms with Crippen molar-refractivity contribution in [3.8, 4) is 0 Å². The Kier molecular flexibility index (Phi) is 5.41. The van der Waals surface area contributed by atoms with Gasteiger partial charge in [0.2, 0.25) is 5.91 Å². The number of hydrogen-bond donors (Lipinski definition) is 1. The maximum atomic E-state index is 12.6. The van der Waals surface area contributed by atoms with E-state index in [1.165, 1.54) is 17.5 Å². The second-order valence-corrected chi connectivity index (χ2v) is 6.89. The molecule has 1 fully saturated rings. The van der Waals surface area contributed by atoms with Crippen molar-refractivity contribution in [2.75, 3.05) is 6.54 Å². The lowest BCUT2D eigenvalue weighted by molar-refractivity contribution is -0.128. The summed E-state index contributed by atoms with van der Waals surface area (Å²) < 4.78 is 0. The molecule has 0 aliphatic carbocycles. The average Bonchev–Trinajstić information content (AvgIpc) is 3.07. The van der Waals surface area contributed by atoms with Gasteiger partial charge in [0.1, 0.15) is 0 Å². The van der Waals surface area contributed by atoms with E-state index in [1.54, 1.807) is 16.8 Å². The Hall–Kier alpha value is -1.72. The van der Waals surface area contributed by atoms with Crippen molar-refractivity contribution in [2.45, 2.75) is 45.3 Å². The molecule has 1 saturated heterocycles. The Bertz CT molecular complexity index is 641. The number of carbonyl (C=O) groups is 1. The highest BCUT2D eigenvalue weighted by Gasteiger charge is 2.28. The summed E-state index contributed by atoms with van der Waals surface area (Å²) in [6, 6.07) is 8.52. The van der Waals surface area contributed by atoms with Crippen molar-refractivity contribution in [2.24, 2.45) is 0 Å². The largest absolute Gasteiger partial charge is 0.349 e. The number of thiazole rings is 1. The summed E-state index contributed by atoms with van der Waals surface area (Å²) >= 11 is 1.56. The van der Waals surface area contributed by atoms with Crippen LogP contribution in [0.5, 0.6) is 0 Å². The molecular formula is C18H23N3OS. The number of piperidine rings is 1. The molecule has 5 heteroatoms. The molecule has 0 saturated carbocycles. The van der Waals surface area contributed by atoms with E-state index in [9.17, 15) is 4.79 Å². The summed E-state index contributed by atoms with van der Waals surface area (Å²) in [5.74, 6) is 0.130. The van der Waals surface area contributed by atoms with E-state index in [0.717, 1.165) is 31.6 Å². The lowest BCUT2D eigenvalue weighted by atomic mass is 10.00. The van der Waals surface area contributed by atoms with Gasteiger partial charge in [0.05, 0.1) is 23.8 Å². The van der Waals surface area contributed by atoms with Crippen LogP contribution in [0.1, 0.15) is 36.1 Å². The number of amides is 1. The SMILES string of the molecule is Cc1cccc(CN2CCCCC2C(=O)NCc2cscn2)c1. The van der Waals surface area contributed by atoms with Gasteiger partial charge in [0, 0.05) is 11.9 Å². The Morgan fingerprint density at radius 3 is 3.13 bits per heavy atom. The molecule has 23 heavy (non-hydrogen) atoms. The smallest absolute Gasteiger partial charge is 0.237 e. The Morgan fingerprint density at radius 2 is 2.35 bits per heavy atom. The number of rotatable bonds is 5. The third-order valence-electron chi connectivity index (χ3n) is 4.31. The van der Waals surface area contributed by atoms with Gasteiger partial charge in [0.15, 0.2) is 0 Å². The molecule has 1 aliphatic rings. The third-order valence-corrected chi connectivity index (χ3v) is 4.95. The van der Waals surface area contributed by atoms with Gasteiger partial charge < -0.3 is 5.32 Å². The first-order valence-electron chi connectivity index (χ1n) is 8.17. The fourth-order valence-electron chi connectivity index (χ4n) is 3.14. The minimum atomic E-state index is -0.0251. The maximum Gasteiger partial charge on any atom is 0.237 e. The van der Waals surface area contributed by atoms with E-state index in [2.05, 4.69) is 46.4 Å². The standard InChI is InChI=1S/C18H23N3OS/c1-14-5-4-6-15(9-14)11-21-8-3-2-7-17(21)18(22)19-10-16-12-23-13-20-16/h4-6,9,12-13,17H,2-3,7-8,10-11H2,1H3,(H,19,22). The quantitative estimate of drug-likeness (QED) is 0.917. The van der Waals surface area contributed by atoms with Gasteiger partial charge >= 0.3 is 0 Å². The Labute approximate surface area is 141 Å². The van der Waals surface area contributed by atoms with Gasteiger partial charge in [-0.2, -0.15) is 0 Å². The molecule has 1 atom stereocenters. The molecule has 1 unspecified atom stereocenters. The zero-order valence-electron chi connectivity index (χ0n) is 13.5. The van der Waals surface area contributed by atoms with Crippen LogP contribution in [0.2, 0.25) is 0 Å². The average molecular weight is 329 g/mol. The molecule has 1 aliphatic heterocycles. The van der Waals surface area contributed by atoms with Crippen molar-refractivity contribution in [3.63, 3.8) is 0 Å². The first-order chi connectivity index (χ1) is 11.2. The van der Waals surface area contributed by atoms with E-state index in [4.69, 9.17) is 0 Å². The molecular weight excluding hydrogens is 306 g/mol. The monoisotopic (exact) mass is 329 g/mol. The molecule has 1 N–H and O–H groups in total. The Morgan fingerprint density at radius 1 is 1.43 bits per heavy atom. The summed E-state index contributed by atoms with van der Waals surface area (Å²) in [5, 5.41) is 5.02. The summed E-state index contributed by atoms with van der Waals surface area (Å²) in [7, 11) is 0. The van der Waals surface area contributed by atoms with Crippen molar-refractivity contribution in [3.05, 3.63) is 52.0 Å². The van der Waals surface area contributed by atoms with Gasteiger partial charge in [-0.3, -0.25) is 9.69 Å². The molecule has 122 valence electrons. The lowest BCUT2D eigenvalue weighted by Crippen LogP contribution is -2.48. The number of likely N-dealkylation sites (tertiary alicyclic amines) is 1. The van der Waals surface area contributed by atoms with Crippen molar-refractivity contribution >= 4 is 17.2 Å². The van der Waals surface area contributed by atoms with Crippen LogP contribution in [-0.2, 0) is 17.9 Å². The highest BCUT2D eigenvalue weighted by molar-refractivity contribution is 7.07. The molecule has 0 radical (unpaired) electrons. The minimum Gasteiger partial charge on any atom is -0.349 e. The van der Waals surface area contributed by atoms with Crippen LogP contribution in [-0.4, -0.2) is 28.4 Å². The molecule has 3 rings (SSSR count). The number of benzene rings is 1. The van der Waals surface area contributed by atoms with Crippen LogP contribution in [0.25, 0.3) is 0 Å². The Balaban J connectivity index is 1.62. The van der Waals surface area contributed by atoms with Gasteiger partial charge in [-0.1, -0.05) is 36.2 Å². The summed E-state index contributed by atoms with van der Waals surface area (Å²) in [4.78, 5) is 19.1. The third kappa shape index (κ3) is 4.39. The van der Waals surface area contributed by atoms with Gasteiger partial charge in [-0.25, -0.2) is 4.98 Å². The lowest BCUT2D eigenvalue weighted by Gasteiger charge is -2.34. The van der Waals surface area contributed by atoms with Crippen LogP contribution in [0.3, 0.4) is 0 Å². The molecule has 1 aromatic carbocycles. The van der Waals surface area contributed by atoms with E-state index >= 15 is 0 Å². The molecule has 2 heterocycles. The normalized spacial score (nSPS) is 18.7. The van der Waals surface area contributed by atoms with Gasteiger partial charge in [-0.05, 0) is 31.9 Å². The first kappa shape index (κ1) is 16.1. The van der Waals surface area contributed by atoms with Crippen molar-refractivity contribution < 1.29 is 4.79 Å². The summed E-state index contributed by atoms with van der Waals surface area (Å²) in [5.41, 5.74) is 5.28. The molecule has 4 nitrogen and oxygen atoms in total. The number of aryl methyl sites for hydroxylation is 1. The predicted octanol–water partition coefficient (Wildman–Crippen LogP) is 3.12. The van der Waals surface area contributed by atoms with Gasteiger partial charge in [-0.15, -0.1) is 11.3 Å². The number of aromatic nitrogens is 1. The van der Waals surface area contributed by atoms with Crippen molar-refractivity contribution in [1.29, 1.82) is 0 Å². The zero-order valence-corrected chi connectivity index (χ0v) is 14.3. The van der Waals surface area contributed by atoms with Crippen LogP contribution in [0, 0.1) is 6.92 Å². The fourth-order valence-corrected chi connectivity index (χ4v) is 3.70. The van der Waals surface area contributed by atoms with Crippen LogP contribution in [0.4, 0.5) is 0 Å². The molecule has 0 bridgehead atoms.